The van der Waals surface area contributed by atoms with E-state index in [9.17, 15) is 4.79 Å². The van der Waals surface area contributed by atoms with Crippen LogP contribution in [-0.2, 0) is 9.53 Å². The summed E-state index contributed by atoms with van der Waals surface area (Å²) in [7, 11) is 0. The Balaban J connectivity index is 2.17. The number of hydrogen-bond donors (Lipinski definition) is 1. The summed E-state index contributed by atoms with van der Waals surface area (Å²) in [6, 6.07) is 3.08. The smallest absolute Gasteiger partial charge is 0.255 e. The van der Waals surface area contributed by atoms with Gasteiger partial charge in [-0.05, 0) is 12.1 Å². The van der Waals surface area contributed by atoms with Gasteiger partial charge >= 0.3 is 0 Å². The second-order valence-corrected chi connectivity index (χ2v) is 4.26. The minimum Gasteiger partial charge on any atom is -0.363 e. The fourth-order valence-corrected chi connectivity index (χ4v) is 1.65. The summed E-state index contributed by atoms with van der Waals surface area (Å²) in [4.78, 5) is 11.3. The molecule has 80 valence electrons. The van der Waals surface area contributed by atoms with E-state index in [1.54, 1.807) is 0 Å². The Bertz CT molecular complexity index is 395. The van der Waals surface area contributed by atoms with Gasteiger partial charge in [0, 0.05) is 5.69 Å². The van der Waals surface area contributed by atoms with E-state index in [0.717, 1.165) is 0 Å². The first kappa shape index (κ1) is 11.0. The molecule has 1 unspecified atom stereocenters. The zero-order valence-corrected chi connectivity index (χ0v) is 9.66. The Morgan fingerprint density at radius 2 is 1.87 bits per heavy atom. The number of hydrogen-bond acceptors (Lipinski definition) is 2. The molecule has 6 heteroatoms. The Morgan fingerprint density at radius 1 is 1.33 bits per heavy atom. The van der Waals surface area contributed by atoms with Crippen LogP contribution in [0.4, 0.5) is 5.69 Å². The summed E-state index contributed by atoms with van der Waals surface area (Å²) in [6.45, 7) is 0.459. The van der Waals surface area contributed by atoms with Gasteiger partial charge in [-0.2, -0.15) is 0 Å². The normalized spacial score (nSPS) is 18.7. The van der Waals surface area contributed by atoms with Crippen molar-refractivity contribution in [2.24, 2.45) is 0 Å². The lowest BCUT2D eigenvalue weighted by molar-refractivity contribution is -0.117. The zero-order chi connectivity index (χ0) is 11.0. The highest BCUT2D eigenvalue weighted by Gasteiger charge is 2.31. The van der Waals surface area contributed by atoms with Crippen molar-refractivity contribution in [1.29, 1.82) is 0 Å². The molecule has 0 saturated carbocycles. The molecule has 1 aromatic rings. The van der Waals surface area contributed by atoms with Crippen molar-refractivity contribution in [2.45, 2.75) is 6.10 Å². The van der Waals surface area contributed by atoms with Gasteiger partial charge in [0.2, 0.25) is 0 Å². The first-order chi connectivity index (χ1) is 7.08. The summed E-state index contributed by atoms with van der Waals surface area (Å²) in [5.41, 5.74) is 0.509. The largest absolute Gasteiger partial charge is 0.363 e. The average molecular weight is 267 g/mol. The van der Waals surface area contributed by atoms with Gasteiger partial charge in [0.15, 0.2) is 6.10 Å². The second-order valence-electron chi connectivity index (χ2n) is 3.07. The Morgan fingerprint density at radius 3 is 2.33 bits per heavy atom. The summed E-state index contributed by atoms with van der Waals surface area (Å²) in [5.74, 6) is -0.204. The SMILES string of the molecule is O=C(Nc1cc(Cl)c(Cl)c(Cl)c1)C1CO1. The van der Waals surface area contributed by atoms with Crippen molar-refractivity contribution in [1.82, 2.24) is 0 Å². The third-order valence-electron chi connectivity index (χ3n) is 1.88. The van der Waals surface area contributed by atoms with Crippen molar-refractivity contribution < 1.29 is 9.53 Å². The number of ether oxygens (including phenoxy) is 1. The molecule has 0 radical (unpaired) electrons. The second kappa shape index (κ2) is 4.18. The maximum absolute atomic E-state index is 11.3. The van der Waals surface area contributed by atoms with E-state index in [1.807, 2.05) is 0 Å². The number of epoxide rings is 1. The van der Waals surface area contributed by atoms with E-state index in [1.165, 1.54) is 12.1 Å². The molecule has 15 heavy (non-hydrogen) atoms. The van der Waals surface area contributed by atoms with Gasteiger partial charge in [-0.25, -0.2) is 0 Å². The summed E-state index contributed by atoms with van der Waals surface area (Å²) in [6.07, 6.45) is -0.349. The predicted molar refractivity (Wildman–Crippen MR) is 59.8 cm³/mol. The molecular weight excluding hydrogens is 260 g/mol. The Labute approximate surface area is 101 Å². The van der Waals surface area contributed by atoms with Crippen molar-refractivity contribution in [3.8, 4) is 0 Å². The lowest BCUT2D eigenvalue weighted by Gasteiger charge is -2.06. The Hall–Kier alpha value is -0.480. The van der Waals surface area contributed by atoms with E-state index in [2.05, 4.69) is 5.32 Å². The maximum Gasteiger partial charge on any atom is 0.255 e. The molecular formula is C9H6Cl3NO2. The fraction of sp³-hybridized carbons (Fsp3) is 0.222. The van der Waals surface area contributed by atoms with Crippen LogP contribution < -0.4 is 5.32 Å². The molecule has 0 aliphatic carbocycles. The topological polar surface area (TPSA) is 41.6 Å². The number of nitrogens with one attached hydrogen (secondary N) is 1. The number of amides is 1. The number of halogens is 3. The summed E-state index contributed by atoms with van der Waals surface area (Å²) >= 11 is 17.4. The minimum atomic E-state index is -0.349. The number of carbonyl (C=O) groups excluding carboxylic acids is 1. The molecule has 1 heterocycles. The lowest BCUT2D eigenvalue weighted by atomic mass is 10.3. The monoisotopic (exact) mass is 265 g/mol. The molecule has 1 aliphatic rings. The summed E-state index contributed by atoms with van der Waals surface area (Å²) < 4.78 is 4.82. The molecule has 0 spiro atoms. The minimum absolute atomic E-state index is 0.204. The van der Waals surface area contributed by atoms with Crippen molar-refractivity contribution in [2.75, 3.05) is 11.9 Å². The average Bonchev–Trinajstić information content (AvgIpc) is 2.96. The quantitative estimate of drug-likeness (QED) is 0.660. The zero-order valence-electron chi connectivity index (χ0n) is 7.39. The van der Waals surface area contributed by atoms with Gasteiger partial charge in [-0.3, -0.25) is 4.79 Å². The van der Waals surface area contributed by atoms with Crippen LogP contribution in [0.15, 0.2) is 12.1 Å². The Kier molecular flexibility index (Phi) is 3.07. The van der Waals surface area contributed by atoms with E-state index < -0.39 is 0 Å². The molecule has 0 bridgehead atoms. The standard InChI is InChI=1S/C9H6Cl3NO2/c10-5-1-4(2-6(11)8(5)12)13-9(14)7-3-15-7/h1-2,7H,3H2,(H,13,14). The van der Waals surface area contributed by atoms with Crippen LogP contribution in [0.2, 0.25) is 15.1 Å². The van der Waals surface area contributed by atoms with Crippen molar-refractivity contribution >= 4 is 46.4 Å². The van der Waals surface area contributed by atoms with Crippen LogP contribution in [0.3, 0.4) is 0 Å². The van der Waals surface area contributed by atoms with Gasteiger partial charge in [0.1, 0.15) is 0 Å². The molecule has 1 fully saturated rings. The van der Waals surface area contributed by atoms with Gasteiger partial charge in [-0.15, -0.1) is 0 Å². The molecule has 0 aromatic heterocycles. The number of carbonyl (C=O) groups is 1. The highest BCUT2D eigenvalue weighted by atomic mass is 35.5. The van der Waals surface area contributed by atoms with Gasteiger partial charge in [0.25, 0.3) is 5.91 Å². The predicted octanol–water partition coefficient (Wildman–Crippen LogP) is 2.98. The highest BCUT2D eigenvalue weighted by Crippen LogP contribution is 2.33. The van der Waals surface area contributed by atoms with Crippen LogP contribution in [0.25, 0.3) is 0 Å². The maximum atomic E-state index is 11.3. The van der Waals surface area contributed by atoms with Crippen LogP contribution in [0.1, 0.15) is 0 Å². The third-order valence-corrected chi connectivity index (χ3v) is 3.07. The van der Waals surface area contributed by atoms with Crippen LogP contribution in [0.5, 0.6) is 0 Å². The van der Waals surface area contributed by atoms with E-state index in [-0.39, 0.29) is 17.0 Å². The molecule has 1 saturated heterocycles. The lowest BCUT2D eigenvalue weighted by Crippen LogP contribution is -2.17. The molecule has 1 N–H and O–H groups in total. The van der Waals surface area contributed by atoms with Gasteiger partial charge < -0.3 is 10.1 Å². The number of anilines is 1. The first-order valence-corrected chi connectivity index (χ1v) is 5.28. The molecule has 1 aromatic carbocycles. The fourth-order valence-electron chi connectivity index (χ4n) is 1.05. The number of rotatable bonds is 2. The van der Waals surface area contributed by atoms with Gasteiger partial charge in [0.05, 0.1) is 21.7 Å². The van der Waals surface area contributed by atoms with E-state index in [4.69, 9.17) is 39.5 Å². The third kappa shape index (κ3) is 2.55. The van der Waals surface area contributed by atoms with Crippen molar-refractivity contribution in [3.63, 3.8) is 0 Å². The summed E-state index contributed by atoms with van der Waals surface area (Å²) in [5, 5.41) is 3.50. The van der Waals surface area contributed by atoms with Crippen molar-refractivity contribution in [3.05, 3.63) is 27.2 Å². The van der Waals surface area contributed by atoms with E-state index >= 15 is 0 Å². The molecule has 2 rings (SSSR count). The van der Waals surface area contributed by atoms with Crippen LogP contribution in [0, 0.1) is 0 Å². The molecule has 1 atom stereocenters. The number of benzene rings is 1. The van der Waals surface area contributed by atoms with Crippen LogP contribution in [-0.4, -0.2) is 18.6 Å². The van der Waals surface area contributed by atoms with Crippen LogP contribution >= 0.6 is 34.8 Å². The molecule has 1 amide bonds. The molecule has 3 nitrogen and oxygen atoms in total. The highest BCUT2D eigenvalue weighted by molar-refractivity contribution is 6.48. The first-order valence-electron chi connectivity index (χ1n) is 4.15. The van der Waals surface area contributed by atoms with E-state index in [0.29, 0.717) is 22.3 Å². The van der Waals surface area contributed by atoms with Gasteiger partial charge in [-0.1, -0.05) is 34.8 Å². The molecule has 1 aliphatic heterocycles.